The topological polar surface area (TPSA) is 189 Å². The number of allylic oxidation sites excluding steroid dienone is 6. The largest absolute Gasteiger partial charge is 0.394 e. The van der Waals surface area contributed by atoms with Crippen molar-refractivity contribution in [3.8, 4) is 0 Å². The molecule has 9 atom stereocenters. The van der Waals surface area contributed by atoms with Gasteiger partial charge in [-0.15, -0.1) is 0 Å². The summed E-state index contributed by atoms with van der Waals surface area (Å²) in [6, 6.07) is -1.19. The third-order valence-electron chi connectivity index (χ3n) is 13.2. The predicted octanol–water partition coefficient (Wildman–Crippen LogP) is 10.7. The van der Waals surface area contributed by atoms with E-state index in [1.165, 1.54) is 148 Å². The van der Waals surface area contributed by atoms with E-state index in [1.807, 2.05) is 0 Å². The van der Waals surface area contributed by atoms with Gasteiger partial charge in [-0.2, -0.15) is 0 Å². The van der Waals surface area contributed by atoms with Crippen LogP contribution in [0.4, 0.5) is 0 Å². The molecule has 66 heavy (non-hydrogen) atoms. The fourth-order valence-corrected chi connectivity index (χ4v) is 8.65. The molecular formula is C55H103NO10. The number of hydrogen-bond acceptors (Lipinski definition) is 10. The number of hydrogen-bond donors (Lipinski definition) is 8. The average molecular weight is 938 g/mol. The first-order valence-corrected chi connectivity index (χ1v) is 27.4. The summed E-state index contributed by atoms with van der Waals surface area (Å²) in [4.78, 5) is 13.2. The molecule has 0 spiro atoms. The van der Waals surface area contributed by atoms with E-state index >= 15 is 0 Å². The van der Waals surface area contributed by atoms with Crippen LogP contribution in [0.15, 0.2) is 36.5 Å². The van der Waals surface area contributed by atoms with E-state index in [4.69, 9.17) is 9.47 Å². The Labute approximate surface area is 403 Å². The summed E-state index contributed by atoms with van der Waals surface area (Å²) in [6.45, 7) is 3.43. The molecule has 1 aliphatic heterocycles. The van der Waals surface area contributed by atoms with Crippen LogP contribution in [0.2, 0.25) is 0 Å². The number of rotatable bonds is 46. The Hall–Kier alpha value is -1.67. The van der Waals surface area contributed by atoms with Crippen molar-refractivity contribution in [1.82, 2.24) is 5.32 Å². The quantitative estimate of drug-likeness (QED) is 0.0215. The first-order chi connectivity index (χ1) is 32.2. The predicted molar refractivity (Wildman–Crippen MR) is 270 cm³/mol. The number of carbonyl (C=O) groups excluding carboxylic acids is 1. The molecule has 1 saturated heterocycles. The van der Waals surface area contributed by atoms with Crippen LogP contribution >= 0.6 is 0 Å². The van der Waals surface area contributed by atoms with Gasteiger partial charge in [0, 0.05) is 0 Å². The van der Waals surface area contributed by atoms with Crippen LogP contribution in [0.1, 0.15) is 239 Å². The van der Waals surface area contributed by atoms with E-state index in [9.17, 15) is 40.5 Å². The number of aliphatic hydroxyl groups excluding tert-OH is 7. The van der Waals surface area contributed by atoms with Gasteiger partial charge in [-0.3, -0.25) is 4.79 Å². The van der Waals surface area contributed by atoms with Crippen molar-refractivity contribution in [3.05, 3.63) is 36.5 Å². The molecule has 388 valence electrons. The zero-order valence-corrected chi connectivity index (χ0v) is 42.2. The summed E-state index contributed by atoms with van der Waals surface area (Å²) in [5.41, 5.74) is 0. The first kappa shape index (κ1) is 62.3. The van der Waals surface area contributed by atoms with Gasteiger partial charge in [0.2, 0.25) is 5.91 Å². The Bertz CT molecular complexity index is 1170. The van der Waals surface area contributed by atoms with Gasteiger partial charge < -0.3 is 50.5 Å². The molecular weight excluding hydrogens is 835 g/mol. The monoisotopic (exact) mass is 938 g/mol. The highest BCUT2D eigenvalue weighted by Crippen LogP contribution is 2.23. The average Bonchev–Trinajstić information content (AvgIpc) is 3.32. The Kier molecular flexibility index (Phi) is 42.1. The lowest BCUT2D eigenvalue weighted by Crippen LogP contribution is -2.60. The minimum absolute atomic E-state index is 0.242. The first-order valence-electron chi connectivity index (χ1n) is 27.4. The molecule has 1 aliphatic rings. The number of aliphatic hydroxyl groups is 7. The van der Waals surface area contributed by atoms with Crippen LogP contribution in [0.5, 0.6) is 0 Å². The summed E-state index contributed by atoms with van der Waals surface area (Å²) >= 11 is 0. The molecule has 0 aromatic rings. The summed E-state index contributed by atoms with van der Waals surface area (Å²) in [7, 11) is 0. The molecule has 11 heteroatoms. The van der Waals surface area contributed by atoms with Gasteiger partial charge in [0.25, 0.3) is 0 Å². The second-order valence-electron chi connectivity index (χ2n) is 19.3. The number of nitrogens with one attached hydrogen (secondary N) is 1. The van der Waals surface area contributed by atoms with E-state index in [2.05, 4.69) is 55.6 Å². The molecule has 0 aromatic carbocycles. The van der Waals surface area contributed by atoms with Gasteiger partial charge >= 0.3 is 0 Å². The molecule has 1 fully saturated rings. The molecule has 1 amide bonds. The van der Waals surface area contributed by atoms with Gasteiger partial charge in [0.1, 0.15) is 36.6 Å². The highest BCUT2D eigenvalue weighted by molar-refractivity contribution is 5.80. The smallest absolute Gasteiger partial charge is 0.249 e. The molecule has 0 bridgehead atoms. The van der Waals surface area contributed by atoms with Gasteiger partial charge in [0.05, 0.1) is 25.4 Å². The summed E-state index contributed by atoms with van der Waals surface area (Å²) in [5, 5.41) is 76.0. The molecule has 9 unspecified atom stereocenters. The standard InChI is InChI=1S/C55H103NO10/c1-3-5-7-9-11-13-15-17-19-21-23-24-25-27-29-31-33-35-37-39-41-43-48(59)54(64)56-46(45-65-55-53(63)52(62)51(61)49(44-57)66-55)50(60)47(58)42-40-38-36-34-32-30-28-26-22-20-18-16-14-12-10-8-6-4-2/h16,18,26,28,34,36,46-53,55,57-63H,3-15,17,19-25,27,29-33,35,37-45H2,1-2H3,(H,56,64)/b18-16+,28-26+,36-34+. The minimum Gasteiger partial charge on any atom is -0.394 e. The Morgan fingerprint density at radius 3 is 1.35 bits per heavy atom. The Balaban J connectivity index is 2.38. The van der Waals surface area contributed by atoms with Crippen LogP contribution in [0.25, 0.3) is 0 Å². The molecule has 0 aromatic heterocycles. The van der Waals surface area contributed by atoms with E-state index in [-0.39, 0.29) is 12.8 Å². The van der Waals surface area contributed by atoms with Crippen molar-refractivity contribution in [2.45, 2.75) is 294 Å². The van der Waals surface area contributed by atoms with Crippen LogP contribution in [-0.4, -0.2) is 110 Å². The molecule has 1 rings (SSSR count). The van der Waals surface area contributed by atoms with E-state index < -0.39 is 74.2 Å². The molecule has 0 aliphatic carbocycles. The van der Waals surface area contributed by atoms with E-state index in [1.54, 1.807) is 0 Å². The van der Waals surface area contributed by atoms with Crippen LogP contribution in [-0.2, 0) is 14.3 Å². The normalized spacial score (nSPS) is 21.0. The lowest BCUT2D eigenvalue weighted by molar-refractivity contribution is -0.303. The van der Waals surface area contributed by atoms with E-state index in [0.29, 0.717) is 19.3 Å². The summed E-state index contributed by atoms with van der Waals surface area (Å²) in [5.74, 6) is -0.710. The van der Waals surface area contributed by atoms with Crippen molar-refractivity contribution in [1.29, 1.82) is 0 Å². The van der Waals surface area contributed by atoms with Crippen molar-refractivity contribution >= 4 is 5.91 Å². The molecule has 8 N–H and O–H groups in total. The van der Waals surface area contributed by atoms with Gasteiger partial charge in [-0.25, -0.2) is 0 Å². The van der Waals surface area contributed by atoms with Crippen molar-refractivity contribution < 1.29 is 50.0 Å². The maximum absolute atomic E-state index is 13.2. The van der Waals surface area contributed by atoms with Crippen molar-refractivity contribution in [3.63, 3.8) is 0 Å². The zero-order chi connectivity index (χ0) is 48.3. The number of carbonyl (C=O) groups is 1. The number of amides is 1. The van der Waals surface area contributed by atoms with Gasteiger partial charge in [0.15, 0.2) is 6.29 Å². The maximum Gasteiger partial charge on any atom is 0.249 e. The molecule has 0 saturated carbocycles. The van der Waals surface area contributed by atoms with Crippen molar-refractivity contribution in [2.24, 2.45) is 0 Å². The van der Waals surface area contributed by atoms with Crippen LogP contribution in [0.3, 0.4) is 0 Å². The Morgan fingerprint density at radius 1 is 0.515 bits per heavy atom. The lowest BCUT2D eigenvalue weighted by Gasteiger charge is -2.40. The number of ether oxygens (including phenoxy) is 2. The van der Waals surface area contributed by atoms with Crippen LogP contribution in [0, 0.1) is 0 Å². The molecule has 0 radical (unpaired) electrons. The van der Waals surface area contributed by atoms with E-state index in [0.717, 1.165) is 44.9 Å². The fourth-order valence-electron chi connectivity index (χ4n) is 8.65. The highest BCUT2D eigenvalue weighted by Gasteiger charge is 2.44. The zero-order valence-electron chi connectivity index (χ0n) is 42.2. The second kappa shape index (κ2) is 44.5. The molecule has 1 heterocycles. The van der Waals surface area contributed by atoms with Gasteiger partial charge in [-0.1, -0.05) is 211 Å². The summed E-state index contributed by atoms with van der Waals surface area (Å²) in [6.07, 6.45) is 41.9. The minimum atomic E-state index is -1.67. The maximum atomic E-state index is 13.2. The number of unbranched alkanes of at least 4 members (excludes halogenated alkanes) is 28. The second-order valence-corrected chi connectivity index (χ2v) is 19.3. The van der Waals surface area contributed by atoms with Crippen LogP contribution < -0.4 is 5.32 Å². The SMILES string of the molecule is CCCCCCC/C=C/CC/C=C/CC/C=C/CCCC(O)C(O)C(COC1OC(CO)C(O)C(O)C1O)NC(=O)C(O)CCCCCCCCCCCCCCCCCCCCCCC. The summed E-state index contributed by atoms with van der Waals surface area (Å²) < 4.78 is 11.1. The highest BCUT2D eigenvalue weighted by atomic mass is 16.7. The fraction of sp³-hybridized carbons (Fsp3) is 0.873. The Morgan fingerprint density at radius 2 is 0.909 bits per heavy atom. The molecule has 11 nitrogen and oxygen atoms in total. The van der Waals surface area contributed by atoms with Gasteiger partial charge in [-0.05, 0) is 64.2 Å². The van der Waals surface area contributed by atoms with Crippen molar-refractivity contribution in [2.75, 3.05) is 13.2 Å². The lowest BCUT2D eigenvalue weighted by atomic mass is 9.98. The third-order valence-corrected chi connectivity index (χ3v) is 13.2. The third kappa shape index (κ3) is 33.0.